The Morgan fingerprint density at radius 3 is 2.64 bits per heavy atom. The number of hydrogen-bond acceptors (Lipinski definition) is 3. The number of nitrogens with one attached hydrogen (secondary N) is 2. The van der Waals surface area contributed by atoms with Crippen LogP contribution in [0, 0.1) is 0 Å². The molecule has 0 spiro atoms. The highest BCUT2D eigenvalue weighted by Gasteiger charge is 2.24. The lowest BCUT2D eigenvalue weighted by molar-refractivity contribution is 0.218. The average molecular weight is 446 g/mol. The topological polar surface area (TPSA) is 53.6 Å². The van der Waals surface area contributed by atoms with Gasteiger partial charge in [0.1, 0.15) is 5.75 Å². The van der Waals surface area contributed by atoms with Gasteiger partial charge in [0.05, 0.1) is 19.2 Å². The van der Waals surface area contributed by atoms with Crippen molar-refractivity contribution in [2.75, 3.05) is 26.7 Å². The number of urea groups is 1. The molecule has 28 heavy (non-hydrogen) atoms. The molecular weight excluding hydrogens is 418 g/mol. The highest BCUT2D eigenvalue weighted by molar-refractivity contribution is 9.10. The largest absolute Gasteiger partial charge is 0.497 e. The van der Waals surface area contributed by atoms with E-state index in [2.05, 4.69) is 43.6 Å². The summed E-state index contributed by atoms with van der Waals surface area (Å²) in [5, 5.41) is 6.10. The van der Waals surface area contributed by atoms with Crippen LogP contribution in [0.4, 0.5) is 4.79 Å². The fraction of sp³-hybridized carbons (Fsp3) is 0.409. The lowest BCUT2D eigenvalue weighted by Gasteiger charge is -2.29. The number of rotatable bonds is 7. The van der Waals surface area contributed by atoms with Crippen LogP contribution in [-0.2, 0) is 0 Å². The Morgan fingerprint density at radius 1 is 1.18 bits per heavy atom. The maximum Gasteiger partial charge on any atom is 0.315 e. The zero-order valence-electron chi connectivity index (χ0n) is 16.5. The first kappa shape index (κ1) is 20.7. The van der Waals surface area contributed by atoms with Crippen LogP contribution in [0.1, 0.15) is 43.0 Å². The van der Waals surface area contributed by atoms with Crippen molar-refractivity contribution in [1.82, 2.24) is 15.5 Å². The molecule has 150 valence electrons. The zero-order valence-corrected chi connectivity index (χ0v) is 18.0. The van der Waals surface area contributed by atoms with Crippen molar-refractivity contribution in [1.29, 1.82) is 0 Å². The van der Waals surface area contributed by atoms with Crippen LogP contribution in [-0.4, -0.2) is 37.7 Å². The molecule has 2 N–H and O–H groups in total. The van der Waals surface area contributed by atoms with Gasteiger partial charge in [-0.15, -0.1) is 0 Å². The first-order chi connectivity index (χ1) is 13.6. The van der Waals surface area contributed by atoms with Gasteiger partial charge in [0.25, 0.3) is 0 Å². The number of nitrogens with zero attached hydrogens (tertiary/aromatic N) is 1. The summed E-state index contributed by atoms with van der Waals surface area (Å²) in [5.74, 6) is 0.841. The summed E-state index contributed by atoms with van der Waals surface area (Å²) in [6.07, 6.45) is 2.40. The zero-order chi connectivity index (χ0) is 19.9. The minimum absolute atomic E-state index is 0.0855. The predicted octanol–water partition coefficient (Wildman–Crippen LogP) is 4.66. The van der Waals surface area contributed by atoms with Crippen LogP contribution < -0.4 is 15.4 Å². The summed E-state index contributed by atoms with van der Waals surface area (Å²) in [7, 11) is 1.68. The fourth-order valence-corrected chi connectivity index (χ4v) is 4.33. The van der Waals surface area contributed by atoms with E-state index in [1.165, 1.54) is 18.4 Å². The molecule has 0 radical (unpaired) electrons. The van der Waals surface area contributed by atoms with E-state index < -0.39 is 0 Å². The van der Waals surface area contributed by atoms with E-state index in [4.69, 9.17) is 4.74 Å². The van der Waals surface area contributed by atoms with Crippen LogP contribution in [0.2, 0.25) is 0 Å². The van der Waals surface area contributed by atoms with E-state index in [1.54, 1.807) is 7.11 Å². The van der Waals surface area contributed by atoms with Crippen LogP contribution in [0.5, 0.6) is 5.75 Å². The first-order valence-electron chi connectivity index (χ1n) is 9.75. The number of carbonyl (C=O) groups is 1. The molecule has 1 saturated heterocycles. The summed E-state index contributed by atoms with van der Waals surface area (Å²) in [5.41, 5.74) is 2.22. The van der Waals surface area contributed by atoms with Crippen molar-refractivity contribution in [3.63, 3.8) is 0 Å². The third-order valence-electron chi connectivity index (χ3n) is 5.24. The molecule has 1 fully saturated rings. The van der Waals surface area contributed by atoms with Gasteiger partial charge in [0.15, 0.2) is 0 Å². The number of benzene rings is 2. The van der Waals surface area contributed by atoms with Gasteiger partial charge in [-0.05, 0) is 62.2 Å². The van der Waals surface area contributed by atoms with Crippen LogP contribution in [0.25, 0.3) is 0 Å². The Bertz CT molecular complexity index is 793. The molecule has 1 aliphatic rings. The number of halogens is 1. The molecule has 5 nitrogen and oxygen atoms in total. The SMILES string of the molecule is COc1cccc(C(CNC(=O)NC(C)c2ccccc2Br)N2CCCC2)c1. The summed E-state index contributed by atoms with van der Waals surface area (Å²) >= 11 is 3.55. The maximum absolute atomic E-state index is 12.5. The smallest absolute Gasteiger partial charge is 0.315 e. The fourth-order valence-electron chi connectivity index (χ4n) is 3.70. The van der Waals surface area contributed by atoms with Gasteiger partial charge in [-0.1, -0.05) is 46.3 Å². The number of likely N-dealkylation sites (tertiary alicyclic amines) is 1. The number of amides is 2. The van der Waals surface area contributed by atoms with Crippen molar-refractivity contribution in [2.24, 2.45) is 0 Å². The molecule has 1 aliphatic heterocycles. The predicted molar refractivity (Wildman–Crippen MR) is 116 cm³/mol. The van der Waals surface area contributed by atoms with Gasteiger partial charge in [-0.2, -0.15) is 0 Å². The van der Waals surface area contributed by atoms with E-state index in [-0.39, 0.29) is 18.1 Å². The van der Waals surface area contributed by atoms with Gasteiger partial charge >= 0.3 is 6.03 Å². The Labute approximate surface area is 175 Å². The third kappa shape index (κ3) is 5.26. The minimum atomic E-state index is -0.157. The highest BCUT2D eigenvalue weighted by Crippen LogP contribution is 2.27. The summed E-state index contributed by atoms with van der Waals surface area (Å²) in [6, 6.07) is 16.0. The summed E-state index contributed by atoms with van der Waals surface area (Å²) in [6.45, 7) is 4.65. The van der Waals surface area contributed by atoms with Gasteiger partial charge in [-0.3, -0.25) is 4.90 Å². The number of carbonyl (C=O) groups excluding carboxylic acids is 1. The normalized spacial score (nSPS) is 16.4. The lowest BCUT2D eigenvalue weighted by atomic mass is 10.0. The van der Waals surface area contributed by atoms with Gasteiger partial charge in [-0.25, -0.2) is 4.79 Å². The van der Waals surface area contributed by atoms with Crippen LogP contribution in [0.3, 0.4) is 0 Å². The van der Waals surface area contributed by atoms with E-state index >= 15 is 0 Å². The molecule has 2 aromatic carbocycles. The number of methoxy groups -OCH3 is 1. The lowest BCUT2D eigenvalue weighted by Crippen LogP contribution is -2.42. The molecule has 0 aromatic heterocycles. The molecule has 0 aliphatic carbocycles. The Hall–Kier alpha value is -2.05. The second-order valence-electron chi connectivity index (χ2n) is 7.13. The van der Waals surface area contributed by atoms with E-state index in [1.807, 2.05) is 43.3 Å². The molecule has 0 bridgehead atoms. The Morgan fingerprint density at radius 2 is 1.93 bits per heavy atom. The third-order valence-corrected chi connectivity index (χ3v) is 5.96. The molecule has 2 atom stereocenters. The average Bonchev–Trinajstić information content (AvgIpc) is 3.23. The van der Waals surface area contributed by atoms with Crippen molar-refractivity contribution in [3.05, 3.63) is 64.1 Å². The van der Waals surface area contributed by atoms with Crippen LogP contribution in [0.15, 0.2) is 53.0 Å². The number of hydrogen-bond donors (Lipinski definition) is 2. The van der Waals surface area contributed by atoms with Crippen LogP contribution >= 0.6 is 15.9 Å². The molecule has 2 unspecified atom stereocenters. The monoisotopic (exact) mass is 445 g/mol. The van der Waals surface area contributed by atoms with Gasteiger partial charge in [0, 0.05) is 11.0 Å². The van der Waals surface area contributed by atoms with Gasteiger partial charge < -0.3 is 15.4 Å². The summed E-state index contributed by atoms with van der Waals surface area (Å²) < 4.78 is 6.38. The van der Waals surface area contributed by atoms with E-state index in [0.29, 0.717) is 6.54 Å². The van der Waals surface area contributed by atoms with Crippen molar-refractivity contribution >= 4 is 22.0 Å². The molecule has 2 amide bonds. The van der Waals surface area contributed by atoms with Crippen molar-refractivity contribution in [2.45, 2.75) is 31.8 Å². The second kappa shape index (κ2) is 9.94. The van der Waals surface area contributed by atoms with Crippen molar-refractivity contribution in [3.8, 4) is 5.75 Å². The van der Waals surface area contributed by atoms with Gasteiger partial charge in [0.2, 0.25) is 0 Å². The Kier molecular flexibility index (Phi) is 7.34. The molecular formula is C22H28BrN3O2. The van der Waals surface area contributed by atoms with Crippen molar-refractivity contribution < 1.29 is 9.53 Å². The molecule has 6 heteroatoms. The molecule has 0 saturated carbocycles. The first-order valence-corrected chi connectivity index (χ1v) is 10.5. The quantitative estimate of drug-likeness (QED) is 0.651. The van der Waals surface area contributed by atoms with E-state index in [0.717, 1.165) is 28.9 Å². The Balaban J connectivity index is 1.64. The molecule has 3 rings (SSSR count). The standard InChI is InChI=1S/C22H28BrN3O2/c1-16(19-10-3-4-11-20(19)23)25-22(27)24-15-21(26-12-5-6-13-26)17-8-7-9-18(14-17)28-2/h3-4,7-11,14,16,21H,5-6,12-13,15H2,1-2H3,(H2,24,25,27). The molecule has 2 aromatic rings. The van der Waals surface area contributed by atoms with E-state index in [9.17, 15) is 4.79 Å². The minimum Gasteiger partial charge on any atom is -0.497 e. The second-order valence-corrected chi connectivity index (χ2v) is 7.99. The molecule has 1 heterocycles. The maximum atomic E-state index is 12.5. The highest BCUT2D eigenvalue weighted by atomic mass is 79.9. The number of ether oxygens (including phenoxy) is 1. The summed E-state index contributed by atoms with van der Waals surface area (Å²) in [4.78, 5) is 15.0.